The Morgan fingerprint density at radius 3 is 2.57 bits per heavy atom. The summed E-state index contributed by atoms with van der Waals surface area (Å²) in [4.78, 5) is 0. The highest BCUT2D eigenvalue weighted by Gasteiger charge is 2.27. The molecule has 1 aromatic rings. The van der Waals surface area contributed by atoms with Gasteiger partial charge in [0.05, 0.1) is 13.2 Å². The first-order valence-electron chi connectivity index (χ1n) is 6.60. The van der Waals surface area contributed by atoms with Crippen LogP contribution in [0.25, 0.3) is 0 Å². The summed E-state index contributed by atoms with van der Waals surface area (Å²) >= 11 is 0. The van der Waals surface area contributed by atoms with Crippen molar-refractivity contribution in [2.75, 3.05) is 19.8 Å². The van der Waals surface area contributed by atoms with Crippen molar-refractivity contribution in [2.45, 2.75) is 32.0 Å². The summed E-state index contributed by atoms with van der Waals surface area (Å²) in [5, 5.41) is 0. The summed E-state index contributed by atoms with van der Waals surface area (Å²) < 4.78 is 59.0. The third-order valence-corrected chi connectivity index (χ3v) is 2.54. The Hall–Kier alpha value is -1.34. The summed E-state index contributed by atoms with van der Waals surface area (Å²) in [6, 6.07) is 4.39. The van der Waals surface area contributed by atoms with E-state index in [-0.39, 0.29) is 31.4 Å². The first-order chi connectivity index (χ1) is 9.79. The number of ether oxygens (including phenoxy) is 2. The van der Waals surface area contributed by atoms with Crippen LogP contribution in [-0.4, -0.2) is 32.0 Å². The van der Waals surface area contributed by atoms with Gasteiger partial charge >= 0.3 is 6.18 Å². The van der Waals surface area contributed by atoms with E-state index in [1.54, 1.807) is 19.1 Å². The van der Waals surface area contributed by atoms with Gasteiger partial charge < -0.3 is 15.2 Å². The lowest BCUT2D eigenvalue weighted by Gasteiger charge is -2.14. The maximum atomic E-state index is 13.7. The van der Waals surface area contributed by atoms with E-state index in [1.165, 1.54) is 6.07 Å². The van der Waals surface area contributed by atoms with Crippen LogP contribution in [0.1, 0.15) is 18.9 Å². The SMILES string of the molecule is CC(N)Cc1cccc(F)c1OCCCOCC(F)(F)F. The van der Waals surface area contributed by atoms with Crippen molar-refractivity contribution < 1.29 is 27.0 Å². The molecule has 1 atom stereocenters. The van der Waals surface area contributed by atoms with Crippen LogP contribution < -0.4 is 10.5 Å². The van der Waals surface area contributed by atoms with Gasteiger partial charge in [-0.3, -0.25) is 0 Å². The molecule has 0 aromatic heterocycles. The van der Waals surface area contributed by atoms with Crippen molar-refractivity contribution in [1.29, 1.82) is 0 Å². The summed E-state index contributed by atoms with van der Waals surface area (Å²) in [5.41, 5.74) is 6.31. The first kappa shape index (κ1) is 17.7. The molecule has 0 saturated heterocycles. The van der Waals surface area contributed by atoms with Gasteiger partial charge in [-0.2, -0.15) is 13.2 Å². The Morgan fingerprint density at radius 1 is 1.24 bits per heavy atom. The quantitative estimate of drug-likeness (QED) is 0.593. The number of hydrogen-bond donors (Lipinski definition) is 1. The second kappa shape index (κ2) is 8.19. The lowest BCUT2D eigenvalue weighted by molar-refractivity contribution is -0.174. The number of alkyl halides is 3. The van der Waals surface area contributed by atoms with Crippen molar-refractivity contribution in [3.05, 3.63) is 29.6 Å². The van der Waals surface area contributed by atoms with Gasteiger partial charge in [-0.25, -0.2) is 4.39 Å². The normalized spacial score (nSPS) is 13.2. The van der Waals surface area contributed by atoms with Crippen LogP contribution in [0.5, 0.6) is 5.75 Å². The van der Waals surface area contributed by atoms with E-state index < -0.39 is 18.6 Å². The fourth-order valence-corrected chi connectivity index (χ4v) is 1.75. The standard InChI is InChI=1S/C14H19F4NO2/c1-10(19)8-11-4-2-5-12(15)13(11)21-7-3-6-20-9-14(16,17)18/h2,4-5,10H,3,6-9,19H2,1H3. The Bertz CT molecular complexity index is 435. The average Bonchev–Trinajstić information content (AvgIpc) is 2.34. The van der Waals surface area contributed by atoms with Gasteiger partial charge in [0.15, 0.2) is 11.6 Å². The highest BCUT2D eigenvalue weighted by atomic mass is 19.4. The van der Waals surface area contributed by atoms with Crippen LogP contribution in [0.3, 0.4) is 0 Å². The van der Waals surface area contributed by atoms with E-state index >= 15 is 0 Å². The first-order valence-corrected chi connectivity index (χ1v) is 6.60. The third-order valence-electron chi connectivity index (χ3n) is 2.54. The molecule has 0 aliphatic carbocycles. The van der Waals surface area contributed by atoms with Crippen LogP contribution in [0, 0.1) is 5.82 Å². The fraction of sp³-hybridized carbons (Fsp3) is 0.571. The van der Waals surface area contributed by atoms with Crippen LogP contribution in [-0.2, 0) is 11.2 Å². The fourth-order valence-electron chi connectivity index (χ4n) is 1.75. The van der Waals surface area contributed by atoms with Gasteiger partial charge in [0.2, 0.25) is 0 Å². The molecule has 0 amide bonds. The van der Waals surface area contributed by atoms with Crippen molar-refractivity contribution in [3.8, 4) is 5.75 Å². The maximum absolute atomic E-state index is 13.7. The second-order valence-electron chi connectivity index (χ2n) is 4.78. The Morgan fingerprint density at radius 2 is 1.95 bits per heavy atom. The zero-order chi connectivity index (χ0) is 15.9. The van der Waals surface area contributed by atoms with Crippen LogP contribution >= 0.6 is 0 Å². The van der Waals surface area contributed by atoms with Crippen molar-refractivity contribution in [2.24, 2.45) is 5.73 Å². The van der Waals surface area contributed by atoms with Gasteiger partial charge in [-0.1, -0.05) is 12.1 Å². The molecule has 0 radical (unpaired) electrons. The molecule has 1 unspecified atom stereocenters. The number of benzene rings is 1. The van der Waals surface area contributed by atoms with Gasteiger partial charge in [0.25, 0.3) is 0 Å². The van der Waals surface area contributed by atoms with Crippen molar-refractivity contribution in [3.63, 3.8) is 0 Å². The molecule has 0 aliphatic heterocycles. The minimum atomic E-state index is -4.34. The Kier molecular flexibility index (Phi) is 6.91. The molecule has 2 N–H and O–H groups in total. The summed E-state index contributed by atoms with van der Waals surface area (Å²) in [6.07, 6.45) is -3.64. The number of nitrogens with two attached hydrogens (primary N) is 1. The molecule has 0 heterocycles. The molecule has 3 nitrogen and oxygen atoms in total. The number of hydrogen-bond acceptors (Lipinski definition) is 3. The minimum Gasteiger partial charge on any atom is -0.490 e. The molecule has 0 aliphatic rings. The van der Waals surface area contributed by atoms with E-state index in [9.17, 15) is 17.6 Å². The predicted molar refractivity (Wildman–Crippen MR) is 70.7 cm³/mol. The molecule has 0 fully saturated rings. The van der Waals surface area contributed by atoms with Crippen molar-refractivity contribution in [1.82, 2.24) is 0 Å². The minimum absolute atomic E-state index is 0.0741. The monoisotopic (exact) mass is 309 g/mol. The van der Waals surface area contributed by atoms with Crippen LogP contribution in [0.15, 0.2) is 18.2 Å². The zero-order valence-electron chi connectivity index (χ0n) is 11.8. The summed E-state index contributed by atoms with van der Waals surface area (Å²) in [7, 11) is 0. The van der Waals surface area contributed by atoms with Gasteiger partial charge in [0, 0.05) is 12.5 Å². The predicted octanol–water partition coefficient (Wildman–Crippen LogP) is 3.06. The average molecular weight is 309 g/mol. The molecular weight excluding hydrogens is 290 g/mol. The molecule has 120 valence electrons. The smallest absolute Gasteiger partial charge is 0.411 e. The molecule has 1 aromatic carbocycles. The maximum Gasteiger partial charge on any atom is 0.411 e. The number of para-hydroxylation sites is 1. The van der Waals surface area contributed by atoms with Crippen LogP contribution in [0.4, 0.5) is 17.6 Å². The van der Waals surface area contributed by atoms with Gasteiger partial charge in [-0.05, 0) is 25.0 Å². The van der Waals surface area contributed by atoms with Gasteiger partial charge in [0.1, 0.15) is 6.61 Å². The molecule has 7 heteroatoms. The highest BCUT2D eigenvalue weighted by molar-refractivity contribution is 5.35. The number of halogens is 4. The number of rotatable bonds is 8. The van der Waals surface area contributed by atoms with E-state index in [0.29, 0.717) is 12.0 Å². The molecule has 0 spiro atoms. The molecule has 1 rings (SSSR count). The molecule has 0 bridgehead atoms. The molecule has 0 saturated carbocycles. The molecular formula is C14H19F4NO2. The molecule has 21 heavy (non-hydrogen) atoms. The second-order valence-corrected chi connectivity index (χ2v) is 4.78. The van der Waals surface area contributed by atoms with E-state index in [4.69, 9.17) is 10.5 Å². The van der Waals surface area contributed by atoms with E-state index in [2.05, 4.69) is 4.74 Å². The van der Waals surface area contributed by atoms with E-state index in [1.807, 2.05) is 0 Å². The topological polar surface area (TPSA) is 44.5 Å². The highest BCUT2D eigenvalue weighted by Crippen LogP contribution is 2.24. The van der Waals surface area contributed by atoms with E-state index in [0.717, 1.165) is 0 Å². The lowest BCUT2D eigenvalue weighted by Crippen LogP contribution is -2.19. The summed E-state index contributed by atoms with van der Waals surface area (Å²) in [5.74, 6) is -0.407. The largest absolute Gasteiger partial charge is 0.490 e. The van der Waals surface area contributed by atoms with Crippen LogP contribution in [0.2, 0.25) is 0 Å². The zero-order valence-corrected chi connectivity index (χ0v) is 11.8. The Labute approximate surface area is 121 Å². The van der Waals surface area contributed by atoms with Gasteiger partial charge in [-0.15, -0.1) is 0 Å². The summed E-state index contributed by atoms with van der Waals surface area (Å²) in [6.45, 7) is 0.476. The lowest BCUT2D eigenvalue weighted by atomic mass is 10.1. The van der Waals surface area contributed by atoms with Crippen molar-refractivity contribution >= 4 is 0 Å². The third kappa shape index (κ3) is 7.29. The Balaban J connectivity index is 2.41.